The number of aromatic nitrogens is 1. The van der Waals surface area contributed by atoms with Crippen LogP contribution in [-0.4, -0.2) is 24.4 Å². The highest BCUT2D eigenvalue weighted by molar-refractivity contribution is 5.74. The van der Waals surface area contributed by atoms with Gasteiger partial charge in [-0.3, -0.25) is 0 Å². The van der Waals surface area contributed by atoms with Crippen molar-refractivity contribution >= 4 is 6.03 Å². The molecule has 1 aromatic heterocycles. The van der Waals surface area contributed by atoms with E-state index in [2.05, 4.69) is 15.6 Å². The van der Waals surface area contributed by atoms with Crippen molar-refractivity contribution in [3.05, 3.63) is 65.5 Å². The number of hydrogen-bond donors (Lipinski definition) is 2. The van der Waals surface area contributed by atoms with E-state index in [0.717, 1.165) is 22.6 Å². The Morgan fingerprint density at radius 3 is 2.76 bits per heavy atom. The largest absolute Gasteiger partial charge is 0.454 e. The molecule has 7 nitrogen and oxygen atoms in total. The molecule has 3 aromatic rings. The Hall–Kier alpha value is -3.48. The van der Waals surface area contributed by atoms with Gasteiger partial charge in [0.2, 0.25) is 12.7 Å². The molecule has 7 heteroatoms. The van der Waals surface area contributed by atoms with Gasteiger partial charge in [0.05, 0.1) is 11.7 Å². The summed E-state index contributed by atoms with van der Waals surface area (Å²) in [4.78, 5) is 16.7. The normalized spacial score (nSPS) is 13.2. The van der Waals surface area contributed by atoms with Gasteiger partial charge >= 0.3 is 6.03 Å². The molecule has 4 rings (SSSR count). The van der Waals surface area contributed by atoms with Crippen LogP contribution in [0.5, 0.6) is 11.5 Å². The number of oxazole rings is 1. The first-order valence-electron chi connectivity index (χ1n) is 9.54. The Kier molecular flexibility index (Phi) is 5.37. The second-order valence-electron chi connectivity index (χ2n) is 6.99. The van der Waals surface area contributed by atoms with Crippen LogP contribution in [0.2, 0.25) is 0 Å². The van der Waals surface area contributed by atoms with Crippen molar-refractivity contribution in [1.29, 1.82) is 0 Å². The SMILES string of the molecule is Cc1ccc(-c2nc(CCNC(=O)NC(C)c3ccc4c(c3)OCO4)co2)cc1. The second kappa shape index (κ2) is 8.26. The first-order valence-corrected chi connectivity index (χ1v) is 9.54. The number of urea groups is 1. The van der Waals surface area contributed by atoms with Crippen LogP contribution in [0.1, 0.15) is 29.8 Å². The van der Waals surface area contributed by atoms with E-state index in [1.165, 1.54) is 5.56 Å². The van der Waals surface area contributed by atoms with Gasteiger partial charge in [-0.1, -0.05) is 23.8 Å². The molecule has 0 radical (unpaired) electrons. The number of ether oxygens (including phenoxy) is 2. The highest BCUT2D eigenvalue weighted by Crippen LogP contribution is 2.34. The van der Waals surface area contributed by atoms with Gasteiger partial charge in [0, 0.05) is 18.5 Å². The van der Waals surface area contributed by atoms with Crippen molar-refractivity contribution in [2.24, 2.45) is 0 Å². The maximum absolute atomic E-state index is 12.2. The molecule has 1 aliphatic heterocycles. The van der Waals surface area contributed by atoms with Crippen LogP contribution in [0.25, 0.3) is 11.5 Å². The third-order valence-corrected chi connectivity index (χ3v) is 4.76. The Labute approximate surface area is 169 Å². The zero-order valence-electron chi connectivity index (χ0n) is 16.4. The summed E-state index contributed by atoms with van der Waals surface area (Å²) in [5.74, 6) is 2.01. The Balaban J connectivity index is 1.25. The van der Waals surface area contributed by atoms with E-state index in [-0.39, 0.29) is 18.9 Å². The number of nitrogens with zero attached hydrogens (tertiary/aromatic N) is 1. The van der Waals surface area contributed by atoms with E-state index in [9.17, 15) is 4.79 Å². The van der Waals surface area contributed by atoms with Gasteiger partial charge < -0.3 is 24.5 Å². The number of fused-ring (bicyclic) bond motifs is 1. The summed E-state index contributed by atoms with van der Waals surface area (Å²) in [6.07, 6.45) is 2.21. The average Bonchev–Trinajstić information content (AvgIpc) is 3.37. The fourth-order valence-corrected chi connectivity index (χ4v) is 3.07. The number of hydrogen-bond acceptors (Lipinski definition) is 5. The lowest BCUT2D eigenvalue weighted by molar-refractivity contribution is 0.174. The Morgan fingerprint density at radius 1 is 1.14 bits per heavy atom. The summed E-state index contributed by atoms with van der Waals surface area (Å²) >= 11 is 0. The van der Waals surface area contributed by atoms with E-state index in [0.29, 0.717) is 24.6 Å². The third-order valence-electron chi connectivity index (χ3n) is 4.76. The fraction of sp³-hybridized carbons (Fsp3) is 0.273. The standard InChI is InChI=1S/C22H23N3O4/c1-14-3-5-16(6-4-14)21-25-18(12-27-21)9-10-23-22(26)24-15(2)17-7-8-19-20(11-17)29-13-28-19/h3-8,11-12,15H,9-10,13H2,1-2H3,(H2,23,24,26). The molecular formula is C22H23N3O4. The molecule has 0 spiro atoms. The van der Waals surface area contributed by atoms with Gasteiger partial charge in [-0.25, -0.2) is 9.78 Å². The summed E-state index contributed by atoms with van der Waals surface area (Å²) in [5, 5.41) is 5.77. The van der Waals surface area contributed by atoms with Crippen molar-refractivity contribution in [3.63, 3.8) is 0 Å². The molecule has 1 aliphatic rings. The lowest BCUT2D eigenvalue weighted by atomic mass is 10.1. The lowest BCUT2D eigenvalue weighted by Gasteiger charge is -2.15. The van der Waals surface area contributed by atoms with Crippen LogP contribution in [0.4, 0.5) is 4.79 Å². The lowest BCUT2D eigenvalue weighted by Crippen LogP contribution is -2.38. The van der Waals surface area contributed by atoms with Gasteiger partial charge in [0.15, 0.2) is 11.5 Å². The van der Waals surface area contributed by atoms with Crippen LogP contribution < -0.4 is 20.1 Å². The fourth-order valence-electron chi connectivity index (χ4n) is 3.07. The van der Waals surface area contributed by atoms with Crippen molar-refractivity contribution in [2.45, 2.75) is 26.3 Å². The van der Waals surface area contributed by atoms with E-state index in [1.54, 1.807) is 6.26 Å². The summed E-state index contributed by atoms with van der Waals surface area (Å²) in [6, 6.07) is 13.3. The predicted molar refractivity (Wildman–Crippen MR) is 108 cm³/mol. The molecule has 1 atom stereocenters. The molecule has 1 unspecified atom stereocenters. The number of rotatable bonds is 6. The number of nitrogens with one attached hydrogen (secondary N) is 2. The minimum Gasteiger partial charge on any atom is -0.454 e. The number of benzene rings is 2. The summed E-state index contributed by atoms with van der Waals surface area (Å²) in [6.45, 7) is 4.64. The topological polar surface area (TPSA) is 85.6 Å². The summed E-state index contributed by atoms with van der Waals surface area (Å²) < 4.78 is 16.2. The monoisotopic (exact) mass is 393 g/mol. The predicted octanol–water partition coefficient (Wildman–Crippen LogP) is 3.98. The van der Waals surface area contributed by atoms with Gasteiger partial charge in [-0.15, -0.1) is 0 Å². The van der Waals surface area contributed by atoms with Gasteiger partial charge in [-0.2, -0.15) is 0 Å². The maximum Gasteiger partial charge on any atom is 0.315 e. The molecule has 0 saturated carbocycles. The molecule has 2 N–H and O–H groups in total. The van der Waals surface area contributed by atoms with E-state index >= 15 is 0 Å². The van der Waals surface area contributed by atoms with Gasteiger partial charge in [-0.05, 0) is 43.7 Å². The number of aryl methyl sites for hydroxylation is 1. The van der Waals surface area contributed by atoms with Crippen molar-refractivity contribution < 1.29 is 18.7 Å². The highest BCUT2D eigenvalue weighted by Gasteiger charge is 2.17. The number of amides is 2. The first kappa shape index (κ1) is 18.9. The summed E-state index contributed by atoms with van der Waals surface area (Å²) in [5.41, 5.74) is 3.86. The van der Waals surface area contributed by atoms with Crippen LogP contribution in [0, 0.1) is 6.92 Å². The molecule has 0 saturated heterocycles. The quantitative estimate of drug-likeness (QED) is 0.662. The van der Waals surface area contributed by atoms with Crippen molar-refractivity contribution in [1.82, 2.24) is 15.6 Å². The van der Waals surface area contributed by atoms with Crippen LogP contribution in [-0.2, 0) is 6.42 Å². The first-order chi connectivity index (χ1) is 14.1. The second-order valence-corrected chi connectivity index (χ2v) is 6.99. The van der Waals surface area contributed by atoms with Gasteiger partial charge in [0.25, 0.3) is 0 Å². The van der Waals surface area contributed by atoms with Crippen molar-refractivity contribution in [3.8, 4) is 23.0 Å². The van der Waals surface area contributed by atoms with Gasteiger partial charge in [0.1, 0.15) is 6.26 Å². The molecule has 29 heavy (non-hydrogen) atoms. The molecule has 2 amide bonds. The molecular weight excluding hydrogens is 370 g/mol. The zero-order chi connectivity index (χ0) is 20.2. The van der Waals surface area contributed by atoms with E-state index in [4.69, 9.17) is 13.9 Å². The molecule has 2 heterocycles. The van der Waals surface area contributed by atoms with Crippen molar-refractivity contribution in [2.75, 3.05) is 13.3 Å². The smallest absolute Gasteiger partial charge is 0.315 e. The van der Waals surface area contributed by atoms with Crippen LogP contribution in [0.3, 0.4) is 0 Å². The average molecular weight is 393 g/mol. The Bertz CT molecular complexity index is 998. The molecule has 150 valence electrons. The van der Waals surface area contributed by atoms with Crippen LogP contribution in [0.15, 0.2) is 53.1 Å². The maximum atomic E-state index is 12.2. The zero-order valence-corrected chi connectivity index (χ0v) is 16.4. The van der Waals surface area contributed by atoms with E-state index in [1.807, 2.05) is 56.3 Å². The number of carbonyl (C=O) groups is 1. The molecule has 0 aliphatic carbocycles. The Morgan fingerprint density at radius 2 is 1.93 bits per heavy atom. The molecule has 0 bridgehead atoms. The molecule has 2 aromatic carbocycles. The highest BCUT2D eigenvalue weighted by atomic mass is 16.7. The summed E-state index contributed by atoms with van der Waals surface area (Å²) in [7, 11) is 0. The minimum atomic E-state index is -0.239. The van der Waals surface area contributed by atoms with E-state index < -0.39 is 0 Å². The number of carbonyl (C=O) groups excluding carboxylic acids is 1. The molecule has 0 fully saturated rings. The minimum absolute atomic E-state index is 0.162. The van der Waals surface area contributed by atoms with Crippen LogP contribution >= 0.6 is 0 Å². The third kappa shape index (κ3) is 4.51.